The Hall–Kier alpha value is -2.91. The number of nitrogens with zero attached hydrogens (tertiary/aromatic N) is 3. The smallest absolute Gasteiger partial charge is 0.251 e. The number of benzene rings is 2. The first-order chi connectivity index (χ1) is 15.7. The summed E-state index contributed by atoms with van der Waals surface area (Å²) in [6.07, 6.45) is 0. The van der Waals surface area contributed by atoms with Crippen molar-refractivity contribution in [1.82, 2.24) is 20.1 Å². The summed E-state index contributed by atoms with van der Waals surface area (Å²) in [5.74, 6) is -0.415. The Labute approximate surface area is 201 Å². The third-order valence-electron chi connectivity index (χ3n) is 4.95. The van der Waals surface area contributed by atoms with Crippen LogP contribution in [-0.4, -0.2) is 32.3 Å². The van der Waals surface area contributed by atoms with Crippen LogP contribution in [0.3, 0.4) is 0 Å². The van der Waals surface area contributed by atoms with Crippen LogP contribution in [-0.2, 0) is 11.8 Å². The number of nitrogens with one attached hydrogen (secondary N) is 2. The average Bonchev–Trinajstić information content (AvgIpc) is 3.13. The first-order valence-electron chi connectivity index (χ1n) is 10.3. The predicted molar refractivity (Wildman–Crippen MR) is 128 cm³/mol. The van der Waals surface area contributed by atoms with Gasteiger partial charge in [0.25, 0.3) is 5.91 Å². The van der Waals surface area contributed by atoms with Gasteiger partial charge in [0.15, 0.2) is 11.0 Å². The number of hydrogen-bond donors (Lipinski definition) is 2. The van der Waals surface area contributed by atoms with Crippen LogP contribution in [0.15, 0.2) is 47.6 Å². The summed E-state index contributed by atoms with van der Waals surface area (Å²) in [6, 6.07) is 11.0. The number of thioether (sulfide) groups is 1. The molecule has 1 aromatic heterocycles. The topological polar surface area (TPSA) is 88.9 Å². The zero-order valence-electron chi connectivity index (χ0n) is 18.7. The Morgan fingerprint density at radius 1 is 1.15 bits per heavy atom. The molecule has 0 saturated heterocycles. The zero-order valence-corrected chi connectivity index (χ0v) is 20.3. The van der Waals surface area contributed by atoms with E-state index in [2.05, 4.69) is 20.8 Å². The Morgan fingerprint density at radius 2 is 1.85 bits per heavy atom. The molecule has 0 aliphatic heterocycles. The van der Waals surface area contributed by atoms with E-state index in [1.807, 2.05) is 32.9 Å². The van der Waals surface area contributed by atoms with Crippen molar-refractivity contribution in [3.05, 3.63) is 70.3 Å². The summed E-state index contributed by atoms with van der Waals surface area (Å²) in [4.78, 5) is 25.0. The second kappa shape index (κ2) is 10.8. The van der Waals surface area contributed by atoms with Crippen LogP contribution in [0, 0.1) is 18.7 Å². The van der Waals surface area contributed by atoms with Gasteiger partial charge in [0.05, 0.1) is 16.8 Å². The number of rotatable bonds is 8. The number of carbonyl (C=O) groups is 2. The fourth-order valence-corrected chi connectivity index (χ4v) is 3.92. The van der Waals surface area contributed by atoms with E-state index >= 15 is 0 Å². The molecule has 0 radical (unpaired) electrons. The highest BCUT2D eigenvalue weighted by Gasteiger charge is 2.25. The number of aryl methyl sites for hydroxylation is 1. The van der Waals surface area contributed by atoms with Crippen molar-refractivity contribution in [2.45, 2.75) is 32.0 Å². The zero-order chi connectivity index (χ0) is 24.1. The second-order valence-corrected chi connectivity index (χ2v) is 9.28. The van der Waals surface area contributed by atoms with Crippen LogP contribution in [0.1, 0.15) is 41.6 Å². The summed E-state index contributed by atoms with van der Waals surface area (Å²) in [5, 5.41) is 14.6. The minimum absolute atomic E-state index is 0.0110. The lowest BCUT2D eigenvalue weighted by molar-refractivity contribution is -0.113. The number of halogens is 2. The minimum Gasteiger partial charge on any atom is -0.342 e. The van der Waals surface area contributed by atoms with Gasteiger partial charge < -0.3 is 15.2 Å². The van der Waals surface area contributed by atoms with Gasteiger partial charge in [-0.2, -0.15) is 0 Å². The van der Waals surface area contributed by atoms with E-state index in [0.717, 1.165) is 11.6 Å². The maximum Gasteiger partial charge on any atom is 0.251 e. The SMILES string of the molecule is Cc1ccc(C(=O)NC(c2nnc(SCC(=O)Nc3ccc(Cl)c(F)c3)n2C)C(C)C)cc1. The molecule has 2 aromatic carbocycles. The molecule has 1 heterocycles. The van der Waals surface area contributed by atoms with Gasteiger partial charge in [0.1, 0.15) is 5.82 Å². The average molecular weight is 490 g/mol. The normalized spacial score (nSPS) is 12.0. The highest BCUT2D eigenvalue weighted by atomic mass is 35.5. The van der Waals surface area contributed by atoms with Gasteiger partial charge in [-0.05, 0) is 43.2 Å². The first kappa shape index (κ1) is 24.7. The van der Waals surface area contributed by atoms with E-state index in [9.17, 15) is 14.0 Å². The van der Waals surface area contributed by atoms with Gasteiger partial charge in [-0.1, -0.05) is 54.9 Å². The molecule has 0 saturated carbocycles. The van der Waals surface area contributed by atoms with Crippen molar-refractivity contribution >= 4 is 40.9 Å². The molecule has 33 heavy (non-hydrogen) atoms. The minimum atomic E-state index is -0.604. The molecule has 1 atom stereocenters. The Balaban J connectivity index is 1.65. The Morgan fingerprint density at radius 3 is 2.48 bits per heavy atom. The third kappa shape index (κ3) is 6.33. The summed E-state index contributed by atoms with van der Waals surface area (Å²) < 4.78 is 15.3. The van der Waals surface area contributed by atoms with Crippen LogP contribution in [0.4, 0.5) is 10.1 Å². The van der Waals surface area contributed by atoms with E-state index < -0.39 is 5.82 Å². The number of anilines is 1. The fraction of sp³-hybridized carbons (Fsp3) is 0.304. The molecular weight excluding hydrogens is 465 g/mol. The van der Waals surface area contributed by atoms with Crippen molar-refractivity contribution in [3.63, 3.8) is 0 Å². The van der Waals surface area contributed by atoms with Crippen molar-refractivity contribution in [3.8, 4) is 0 Å². The largest absolute Gasteiger partial charge is 0.342 e. The maximum atomic E-state index is 13.6. The highest BCUT2D eigenvalue weighted by molar-refractivity contribution is 7.99. The van der Waals surface area contributed by atoms with Crippen LogP contribution in [0.5, 0.6) is 0 Å². The van der Waals surface area contributed by atoms with Crippen LogP contribution < -0.4 is 10.6 Å². The van der Waals surface area contributed by atoms with E-state index in [-0.39, 0.29) is 34.5 Å². The molecule has 0 aliphatic carbocycles. The van der Waals surface area contributed by atoms with E-state index in [0.29, 0.717) is 22.2 Å². The van der Waals surface area contributed by atoms with Crippen molar-refractivity contribution in [1.29, 1.82) is 0 Å². The highest BCUT2D eigenvalue weighted by Crippen LogP contribution is 2.25. The fourth-order valence-electron chi connectivity index (χ4n) is 3.08. The van der Waals surface area contributed by atoms with E-state index in [4.69, 9.17) is 11.6 Å². The maximum absolute atomic E-state index is 13.6. The molecular formula is C23H25ClFN5O2S. The monoisotopic (exact) mass is 489 g/mol. The molecule has 0 spiro atoms. The molecule has 7 nitrogen and oxygen atoms in total. The molecule has 2 amide bonds. The lowest BCUT2D eigenvalue weighted by atomic mass is 10.0. The number of aromatic nitrogens is 3. The molecule has 0 fully saturated rings. The van der Waals surface area contributed by atoms with Crippen molar-refractivity contribution in [2.24, 2.45) is 13.0 Å². The summed E-state index contributed by atoms with van der Waals surface area (Å²) >= 11 is 6.86. The molecule has 3 rings (SSSR count). The predicted octanol–water partition coefficient (Wildman–Crippen LogP) is 4.77. The van der Waals surface area contributed by atoms with Crippen LogP contribution in [0.25, 0.3) is 0 Å². The summed E-state index contributed by atoms with van der Waals surface area (Å²) in [6.45, 7) is 5.94. The molecule has 0 bridgehead atoms. The molecule has 1 unspecified atom stereocenters. The van der Waals surface area contributed by atoms with Gasteiger partial charge in [0, 0.05) is 18.3 Å². The van der Waals surface area contributed by atoms with E-state index in [1.54, 1.807) is 23.7 Å². The first-order valence-corrected chi connectivity index (χ1v) is 11.7. The second-order valence-electron chi connectivity index (χ2n) is 7.93. The molecule has 174 valence electrons. The van der Waals surface area contributed by atoms with Crippen molar-refractivity contribution in [2.75, 3.05) is 11.1 Å². The number of hydrogen-bond acceptors (Lipinski definition) is 5. The summed E-state index contributed by atoms with van der Waals surface area (Å²) in [5.41, 5.74) is 1.96. The van der Waals surface area contributed by atoms with Gasteiger partial charge in [-0.3, -0.25) is 9.59 Å². The lowest BCUT2D eigenvalue weighted by Gasteiger charge is -2.21. The van der Waals surface area contributed by atoms with Gasteiger partial charge in [0.2, 0.25) is 5.91 Å². The summed E-state index contributed by atoms with van der Waals surface area (Å²) in [7, 11) is 1.79. The van der Waals surface area contributed by atoms with E-state index in [1.165, 1.54) is 23.9 Å². The standard InChI is InChI=1S/C23H25ClFN5O2S/c1-13(2)20(27-22(32)15-7-5-14(3)6-8-15)21-28-29-23(30(21)4)33-12-19(31)26-16-9-10-17(24)18(25)11-16/h5-11,13,20H,12H2,1-4H3,(H,26,31)(H,27,32). The van der Waals surface area contributed by atoms with Crippen LogP contribution in [0.2, 0.25) is 5.02 Å². The third-order valence-corrected chi connectivity index (χ3v) is 6.28. The molecule has 3 aromatic rings. The quantitative estimate of drug-likeness (QED) is 0.445. The Kier molecular flexibility index (Phi) is 8.10. The lowest BCUT2D eigenvalue weighted by Crippen LogP contribution is -2.33. The van der Waals surface area contributed by atoms with Gasteiger partial charge >= 0.3 is 0 Å². The molecule has 2 N–H and O–H groups in total. The van der Waals surface area contributed by atoms with Crippen molar-refractivity contribution < 1.29 is 14.0 Å². The Bertz CT molecular complexity index is 1150. The molecule has 10 heteroatoms. The number of carbonyl (C=O) groups excluding carboxylic acids is 2. The van der Waals surface area contributed by atoms with Crippen LogP contribution >= 0.6 is 23.4 Å². The van der Waals surface area contributed by atoms with Gasteiger partial charge in [-0.25, -0.2) is 4.39 Å². The molecule has 0 aliphatic rings. The van der Waals surface area contributed by atoms with Gasteiger partial charge in [-0.15, -0.1) is 10.2 Å². The number of amides is 2.